The van der Waals surface area contributed by atoms with Crippen molar-refractivity contribution in [3.05, 3.63) is 0 Å². The van der Waals surface area contributed by atoms with Gasteiger partial charge in [-0.25, -0.2) is 0 Å². The maximum absolute atomic E-state index is 11.8. The van der Waals surface area contributed by atoms with Gasteiger partial charge in [-0.1, -0.05) is 0 Å². The van der Waals surface area contributed by atoms with E-state index in [4.69, 9.17) is 14.2 Å². The second-order valence-corrected chi connectivity index (χ2v) is 7.93. The Balaban J connectivity index is 0.00000196. The number of methoxy groups -OCH3 is 1. The first-order chi connectivity index (χ1) is 12.7. The number of hydrogen-bond acceptors (Lipinski definition) is 6. The Labute approximate surface area is 182 Å². The Hall–Kier alpha value is -0.110. The van der Waals surface area contributed by atoms with E-state index < -0.39 is 0 Å². The summed E-state index contributed by atoms with van der Waals surface area (Å²) >= 11 is 0. The van der Waals surface area contributed by atoms with Crippen molar-refractivity contribution in [3.8, 4) is 0 Å². The third kappa shape index (κ3) is 6.99. The number of nitrogens with zero attached hydrogens (tertiary/aromatic N) is 2. The van der Waals surface area contributed by atoms with Gasteiger partial charge < -0.3 is 14.2 Å². The molecule has 8 heteroatoms. The minimum Gasteiger partial charge on any atom is -0.466 e. The van der Waals surface area contributed by atoms with Gasteiger partial charge in [-0.05, 0) is 58.3 Å². The number of ether oxygens (including phenoxy) is 3. The number of esters is 1. The van der Waals surface area contributed by atoms with Crippen LogP contribution in [0.3, 0.4) is 0 Å². The molecule has 6 nitrogen and oxygen atoms in total. The quantitative estimate of drug-likeness (QED) is 0.564. The molecule has 0 amide bonds. The van der Waals surface area contributed by atoms with E-state index in [1.54, 1.807) is 0 Å². The third-order valence-corrected chi connectivity index (χ3v) is 6.33. The first-order valence-corrected chi connectivity index (χ1v) is 10.5. The highest BCUT2D eigenvalue weighted by atomic mass is 35.5. The molecule has 2 saturated heterocycles. The van der Waals surface area contributed by atoms with Crippen LogP contribution in [0.2, 0.25) is 0 Å². The summed E-state index contributed by atoms with van der Waals surface area (Å²) in [6.45, 7) is 6.47. The summed E-state index contributed by atoms with van der Waals surface area (Å²) in [7, 11) is 1.83. The van der Waals surface area contributed by atoms with Crippen molar-refractivity contribution in [2.75, 3.05) is 40.1 Å². The van der Waals surface area contributed by atoms with Gasteiger partial charge in [0.1, 0.15) is 6.73 Å². The highest BCUT2D eigenvalue weighted by Crippen LogP contribution is 2.29. The SMILES string of the molecule is CCOC(=O)[C@H]1CC[C@H](OCN2CCC[C@H]2N2CCC(OC)CC2)CC1.Cl.Cl. The zero-order chi connectivity index (χ0) is 18.4. The molecule has 3 fully saturated rings. The molecule has 0 aromatic carbocycles. The summed E-state index contributed by atoms with van der Waals surface area (Å²) in [5.74, 6) is 0.0569. The van der Waals surface area contributed by atoms with Crippen molar-refractivity contribution in [2.24, 2.45) is 5.92 Å². The number of hydrogen-bond donors (Lipinski definition) is 0. The third-order valence-electron chi connectivity index (χ3n) is 6.33. The van der Waals surface area contributed by atoms with E-state index in [2.05, 4.69) is 9.80 Å². The zero-order valence-corrected chi connectivity index (χ0v) is 19.0. The standard InChI is InChI=1S/C20H36N2O4.2ClH/c1-3-25-20(23)16-6-8-18(9-7-16)26-15-22-12-4-5-19(22)21-13-10-17(24-2)11-14-21;;/h16-19H,3-15H2,1-2H3;2*1H/t16-,18-,19-;;/m0../s1. The van der Waals surface area contributed by atoms with E-state index in [1.807, 2.05) is 14.0 Å². The molecule has 0 spiro atoms. The predicted octanol–water partition coefficient (Wildman–Crippen LogP) is 3.46. The molecule has 3 rings (SSSR count). The maximum atomic E-state index is 11.8. The Bertz CT molecular complexity index is 442. The largest absolute Gasteiger partial charge is 0.466 e. The first kappa shape index (κ1) is 25.9. The summed E-state index contributed by atoms with van der Waals surface area (Å²) in [5.41, 5.74) is 0. The van der Waals surface area contributed by atoms with Gasteiger partial charge in [-0.15, -0.1) is 24.8 Å². The molecule has 0 N–H and O–H groups in total. The van der Waals surface area contributed by atoms with Crippen LogP contribution < -0.4 is 0 Å². The Morgan fingerprint density at radius 1 is 0.929 bits per heavy atom. The van der Waals surface area contributed by atoms with E-state index in [-0.39, 0.29) is 36.7 Å². The maximum Gasteiger partial charge on any atom is 0.308 e. The molecule has 0 bridgehead atoms. The van der Waals surface area contributed by atoms with Crippen molar-refractivity contribution >= 4 is 30.8 Å². The summed E-state index contributed by atoms with van der Waals surface area (Å²) in [6.07, 6.45) is 9.79. The van der Waals surface area contributed by atoms with Gasteiger partial charge in [0.15, 0.2) is 0 Å². The monoisotopic (exact) mass is 440 g/mol. The van der Waals surface area contributed by atoms with Crippen molar-refractivity contribution in [3.63, 3.8) is 0 Å². The molecule has 166 valence electrons. The zero-order valence-electron chi connectivity index (χ0n) is 17.3. The van der Waals surface area contributed by atoms with Crippen molar-refractivity contribution in [1.82, 2.24) is 9.80 Å². The van der Waals surface area contributed by atoms with E-state index in [0.29, 0.717) is 25.0 Å². The molecule has 0 aromatic rings. The normalized spacial score (nSPS) is 29.7. The van der Waals surface area contributed by atoms with Gasteiger partial charge in [-0.3, -0.25) is 14.6 Å². The predicted molar refractivity (Wildman–Crippen MR) is 114 cm³/mol. The second kappa shape index (κ2) is 13.2. The topological polar surface area (TPSA) is 51.2 Å². The van der Waals surface area contributed by atoms with Crippen LogP contribution >= 0.6 is 24.8 Å². The van der Waals surface area contributed by atoms with Gasteiger partial charge >= 0.3 is 5.97 Å². The van der Waals surface area contributed by atoms with Crippen molar-refractivity contribution in [2.45, 2.75) is 76.7 Å². The van der Waals surface area contributed by atoms with Crippen LogP contribution in [0.5, 0.6) is 0 Å². The molecular formula is C20H38Cl2N2O4. The molecular weight excluding hydrogens is 403 g/mol. The van der Waals surface area contributed by atoms with Crippen LogP contribution in [-0.2, 0) is 19.0 Å². The smallest absolute Gasteiger partial charge is 0.308 e. The van der Waals surface area contributed by atoms with Crippen LogP contribution in [-0.4, -0.2) is 74.2 Å². The number of piperidine rings is 1. The summed E-state index contributed by atoms with van der Waals surface area (Å²) < 4.78 is 16.9. The molecule has 1 saturated carbocycles. The minimum absolute atomic E-state index is 0. The summed E-state index contributed by atoms with van der Waals surface area (Å²) in [4.78, 5) is 17.0. The lowest BCUT2D eigenvalue weighted by Gasteiger charge is -2.39. The van der Waals surface area contributed by atoms with Crippen LogP contribution in [0.4, 0.5) is 0 Å². The fourth-order valence-corrected chi connectivity index (χ4v) is 4.71. The highest BCUT2D eigenvalue weighted by Gasteiger charge is 2.33. The van der Waals surface area contributed by atoms with Gasteiger partial charge in [0, 0.05) is 26.7 Å². The molecule has 2 heterocycles. The minimum atomic E-state index is -0.0231. The number of carbonyl (C=O) groups excluding carboxylic acids is 1. The molecule has 28 heavy (non-hydrogen) atoms. The number of likely N-dealkylation sites (tertiary alicyclic amines) is 2. The Morgan fingerprint density at radius 3 is 2.21 bits per heavy atom. The lowest BCUT2D eigenvalue weighted by Crippen LogP contribution is -2.50. The molecule has 2 aliphatic heterocycles. The van der Waals surface area contributed by atoms with Crippen LogP contribution in [0.1, 0.15) is 58.3 Å². The number of carbonyl (C=O) groups is 1. The van der Waals surface area contributed by atoms with E-state index in [0.717, 1.165) is 64.9 Å². The van der Waals surface area contributed by atoms with Crippen LogP contribution in [0, 0.1) is 5.92 Å². The van der Waals surface area contributed by atoms with Gasteiger partial charge in [0.05, 0.1) is 30.9 Å². The molecule has 0 unspecified atom stereocenters. The number of halogens is 2. The van der Waals surface area contributed by atoms with Crippen molar-refractivity contribution < 1.29 is 19.0 Å². The Morgan fingerprint density at radius 2 is 1.61 bits per heavy atom. The lowest BCUT2D eigenvalue weighted by molar-refractivity contribution is -0.150. The van der Waals surface area contributed by atoms with Gasteiger partial charge in [0.25, 0.3) is 0 Å². The number of rotatable bonds is 7. The summed E-state index contributed by atoms with van der Waals surface area (Å²) in [5, 5.41) is 0. The fourth-order valence-electron chi connectivity index (χ4n) is 4.71. The van der Waals surface area contributed by atoms with Crippen molar-refractivity contribution in [1.29, 1.82) is 0 Å². The van der Waals surface area contributed by atoms with E-state index in [1.165, 1.54) is 12.8 Å². The molecule has 0 radical (unpaired) electrons. The first-order valence-electron chi connectivity index (χ1n) is 10.5. The van der Waals surface area contributed by atoms with E-state index >= 15 is 0 Å². The molecule has 1 aliphatic carbocycles. The molecule has 1 atom stereocenters. The second-order valence-electron chi connectivity index (χ2n) is 7.93. The fraction of sp³-hybridized carbons (Fsp3) is 0.950. The van der Waals surface area contributed by atoms with Crippen LogP contribution in [0.25, 0.3) is 0 Å². The Kier molecular flexibility index (Phi) is 12.3. The molecule has 3 aliphatic rings. The average Bonchev–Trinajstić information content (AvgIpc) is 3.15. The highest BCUT2D eigenvalue weighted by molar-refractivity contribution is 5.85. The molecule has 0 aromatic heterocycles. The lowest BCUT2D eigenvalue weighted by atomic mass is 9.87. The van der Waals surface area contributed by atoms with Crippen LogP contribution in [0.15, 0.2) is 0 Å². The average molecular weight is 441 g/mol. The van der Waals surface area contributed by atoms with Gasteiger partial charge in [0.2, 0.25) is 0 Å². The van der Waals surface area contributed by atoms with E-state index in [9.17, 15) is 4.79 Å². The van der Waals surface area contributed by atoms with Gasteiger partial charge in [-0.2, -0.15) is 0 Å². The summed E-state index contributed by atoms with van der Waals surface area (Å²) in [6, 6.07) is 0.